The summed E-state index contributed by atoms with van der Waals surface area (Å²) in [6, 6.07) is 8.33. The van der Waals surface area contributed by atoms with Crippen molar-refractivity contribution < 1.29 is 22.8 Å². The molecule has 0 radical (unpaired) electrons. The van der Waals surface area contributed by atoms with Crippen LogP contribution in [0.1, 0.15) is 34.5 Å². The van der Waals surface area contributed by atoms with Gasteiger partial charge in [0, 0.05) is 12.4 Å². The molecule has 0 aliphatic heterocycles. The highest BCUT2D eigenvalue weighted by molar-refractivity contribution is 6.00. The third-order valence-electron chi connectivity index (χ3n) is 5.13. The van der Waals surface area contributed by atoms with E-state index in [4.69, 9.17) is 0 Å². The van der Waals surface area contributed by atoms with Gasteiger partial charge in [0.2, 0.25) is 5.91 Å². The number of pyridine rings is 1. The molecule has 1 aliphatic carbocycles. The van der Waals surface area contributed by atoms with Gasteiger partial charge < -0.3 is 16.0 Å². The lowest BCUT2D eigenvalue weighted by molar-refractivity contribution is -0.137. The average Bonchev–Trinajstić information content (AvgIpc) is 3.59. The number of carbonyl (C=O) groups excluding carboxylic acids is 2. The third kappa shape index (κ3) is 5.25. The van der Waals surface area contributed by atoms with Crippen molar-refractivity contribution in [1.29, 1.82) is 0 Å². The minimum Gasteiger partial charge on any atom is -0.354 e. The Morgan fingerprint density at radius 3 is 2.36 bits per heavy atom. The zero-order chi connectivity index (χ0) is 23.5. The molecule has 4 rings (SSSR count). The SMILES string of the molecule is O=C(NC1(C(=O)NCc2ccc(Nc3ccccc3C(F)(F)F)cn2)CC1)c1cncnc1. The predicted octanol–water partition coefficient (Wildman–Crippen LogP) is 3.21. The van der Waals surface area contributed by atoms with Crippen LogP contribution in [0.25, 0.3) is 0 Å². The molecule has 170 valence electrons. The van der Waals surface area contributed by atoms with Gasteiger partial charge in [0.05, 0.1) is 40.9 Å². The van der Waals surface area contributed by atoms with Crippen molar-refractivity contribution in [3.05, 3.63) is 78.1 Å². The number of para-hydroxylation sites is 1. The molecule has 1 fully saturated rings. The van der Waals surface area contributed by atoms with Crippen LogP contribution in [-0.4, -0.2) is 32.3 Å². The Hall–Kier alpha value is -4.02. The summed E-state index contributed by atoms with van der Waals surface area (Å²) >= 11 is 0. The van der Waals surface area contributed by atoms with Crippen molar-refractivity contribution >= 4 is 23.2 Å². The van der Waals surface area contributed by atoms with Gasteiger partial charge in [-0.1, -0.05) is 12.1 Å². The number of nitrogens with zero attached hydrogens (tertiary/aromatic N) is 3. The summed E-state index contributed by atoms with van der Waals surface area (Å²) in [6.07, 6.45) is 1.95. The number of halogens is 3. The number of alkyl halides is 3. The molecular formula is C22H19F3N6O2. The number of hydrogen-bond donors (Lipinski definition) is 3. The molecule has 2 aromatic heterocycles. The van der Waals surface area contributed by atoms with E-state index in [2.05, 4.69) is 30.9 Å². The van der Waals surface area contributed by atoms with E-state index in [0.717, 1.165) is 6.07 Å². The second-order valence-corrected chi connectivity index (χ2v) is 7.55. The summed E-state index contributed by atoms with van der Waals surface area (Å²) in [7, 11) is 0. The number of rotatable bonds is 7. The Morgan fingerprint density at radius 2 is 1.73 bits per heavy atom. The van der Waals surface area contributed by atoms with Gasteiger partial charge >= 0.3 is 6.18 Å². The molecule has 1 saturated carbocycles. The van der Waals surface area contributed by atoms with E-state index in [9.17, 15) is 22.8 Å². The van der Waals surface area contributed by atoms with E-state index in [1.165, 1.54) is 43.1 Å². The lowest BCUT2D eigenvalue weighted by Crippen LogP contribution is -2.48. The molecule has 0 bridgehead atoms. The van der Waals surface area contributed by atoms with E-state index in [-0.39, 0.29) is 23.7 Å². The summed E-state index contributed by atoms with van der Waals surface area (Å²) < 4.78 is 39.4. The van der Waals surface area contributed by atoms with Crippen LogP contribution in [0, 0.1) is 0 Å². The zero-order valence-electron chi connectivity index (χ0n) is 17.2. The largest absolute Gasteiger partial charge is 0.418 e. The first-order valence-electron chi connectivity index (χ1n) is 10.0. The van der Waals surface area contributed by atoms with Gasteiger partial charge in [0.25, 0.3) is 5.91 Å². The molecule has 0 saturated heterocycles. The number of aromatic nitrogens is 3. The molecule has 0 atom stereocenters. The van der Waals surface area contributed by atoms with E-state index >= 15 is 0 Å². The van der Waals surface area contributed by atoms with E-state index in [0.29, 0.717) is 24.2 Å². The molecule has 2 amide bonds. The van der Waals surface area contributed by atoms with Crippen LogP contribution in [0.5, 0.6) is 0 Å². The molecule has 3 N–H and O–H groups in total. The van der Waals surface area contributed by atoms with Crippen LogP contribution in [0.3, 0.4) is 0 Å². The Labute approximate surface area is 186 Å². The van der Waals surface area contributed by atoms with Crippen molar-refractivity contribution in [3.8, 4) is 0 Å². The van der Waals surface area contributed by atoms with E-state index in [1.807, 2.05) is 0 Å². The van der Waals surface area contributed by atoms with Crippen LogP contribution in [0.4, 0.5) is 24.5 Å². The lowest BCUT2D eigenvalue weighted by Gasteiger charge is -2.17. The smallest absolute Gasteiger partial charge is 0.354 e. The summed E-state index contributed by atoms with van der Waals surface area (Å²) in [6.45, 7) is 0.102. The maximum Gasteiger partial charge on any atom is 0.418 e. The van der Waals surface area contributed by atoms with Gasteiger partial charge in [-0.05, 0) is 37.1 Å². The summed E-state index contributed by atoms with van der Waals surface area (Å²) in [4.78, 5) is 36.7. The Bertz CT molecular complexity index is 1150. The first-order valence-corrected chi connectivity index (χ1v) is 10.0. The average molecular weight is 456 g/mol. The van der Waals surface area contributed by atoms with Crippen LogP contribution in [0.15, 0.2) is 61.3 Å². The van der Waals surface area contributed by atoms with Crippen molar-refractivity contribution in [2.75, 3.05) is 5.32 Å². The summed E-state index contributed by atoms with van der Waals surface area (Å²) in [5.74, 6) is -0.772. The molecule has 0 unspecified atom stereocenters. The monoisotopic (exact) mass is 456 g/mol. The Kier molecular flexibility index (Phi) is 5.95. The zero-order valence-corrected chi connectivity index (χ0v) is 17.2. The summed E-state index contributed by atoms with van der Waals surface area (Å²) in [5.41, 5.74) is -0.693. The number of carbonyl (C=O) groups is 2. The Morgan fingerprint density at radius 1 is 1.00 bits per heavy atom. The number of benzene rings is 1. The van der Waals surface area contributed by atoms with E-state index in [1.54, 1.807) is 12.1 Å². The van der Waals surface area contributed by atoms with Gasteiger partial charge in [-0.2, -0.15) is 13.2 Å². The molecule has 33 heavy (non-hydrogen) atoms. The van der Waals surface area contributed by atoms with E-state index < -0.39 is 23.2 Å². The molecule has 1 aromatic carbocycles. The van der Waals surface area contributed by atoms with Gasteiger partial charge in [0.15, 0.2) is 0 Å². The number of anilines is 2. The minimum atomic E-state index is -4.48. The molecule has 8 nitrogen and oxygen atoms in total. The highest BCUT2D eigenvalue weighted by atomic mass is 19.4. The van der Waals surface area contributed by atoms with Gasteiger partial charge in [0.1, 0.15) is 11.9 Å². The number of amides is 2. The highest BCUT2D eigenvalue weighted by Crippen LogP contribution is 2.36. The summed E-state index contributed by atoms with van der Waals surface area (Å²) in [5, 5.41) is 8.18. The maximum atomic E-state index is 13.1. The van der Waals surface area contributed by atoms with Crippen molar-refractivity contribution in [3.63, 3.8) is 0 Å². The lowest BCUT2D eigenvalue weighted by atomic mass is 10.1. The normalized spacial score (nSPS) is 14.3. The fraction of sp³-hybridized carbons (Fsp3) is 0.227. The van der Waals surface area contributed by atoms with Crippen molar-refractivity contribution in [1.82, 2.24) is 25.6 Å². The Balaban J connectivity index is 1.34. The topological polar surface area (TPSA) is 109 Å². The van der Waals surface area contributed by atoms with Gasteiger partial charge in [-0.3, -0.25) is 14.6 Å². The quantitative estimate of drug-likeness (QED) is 0.504. The molecule has 2 heterocycles. The van der Waals surface area contributed by atoms with Gasteiger partial charge in [-0.15, -0.1) is 0 Å². The molecule has 3 aromatic rings. The molecular weight excluding hydrogens is 437 g/mol. The van der Waals surface area contributed by atoms with Crippen LogP contribution in [0.2, 0.25) is 0 Å². The maximum absolute atomic E-state index is 13.1. The highest BCUT2D eigenvalue weighted by Gasteiger charge is 2.51. The fourth-order valence-electron chi connectivity index (χ4n) is 3.18. The van der Waals surface area contributed by atoms with Gasteiger partial charge in [-0.25, -0.2) is 9.97 Å². The van der Waals surface area contributed by atoms with Crippen LogP contribution >= 0.6 is 0 Å². The van der Waals surface area contributed by atoms with Crippen molar-refractivity contribution in [2.24, 2.45) is 0 Å². The number of hydrogen-bond acceptors (Lipinski definition) is 6. The minimum absolute atomic E-state index is 0.0805. The fourth-order valence-corrected chi connectivity index (χ4v) is 3.18. The third-order valence-corrected chi connectivity index (χ3v) is 5.13. The molecule has 11 heteroatoms. The van der Waals surface area contributed by atoms with Crippen LogP contribution < -0.4 is 16.0 Å². The number of nitrogens with one attached hydrogen (secondary N) is 3. The molecule has 1 aliphatic rings. The standard InChI is InChI=1S/C22H19F3N6O2/c23-22(24,25)17-3-1-2-4-18(17)30-16-6-5-15(28-12-16)11-29-20(33)21(7-8-21)31-19(32)14-9-26-13-27-10-14/h1-6,9-10,12-13,30H,7-8,11H2,(H,29,33)(H,31,32). The molecule has 0 spiro atoms. The second kappa shape index (κ2) is 8.85. The van der Waals surface area contributed by atoms with Crippen molar-refractivity contribution in [2.45, 2.75) is 31.1 Å². The first-order chi connectivity index (χ1) is 15.8. The van der Waals surface area contributed by atoms with Crippen LogP contribution in [-0.2, 0) is 17.5 Å². The predicted molar refractivity (Wildman–Crippen MR) is 112 cm³/mol. The second-order valence-electron chi connectivity index (χ2n) is 7.55. The first kappa shape index (κ1) is 22.2.